The summed E-state index contributed by atoms with van der Waals surface area (Å²) in [4.78, 5) is 0. The molecule has 0 N–H and O–H groups in total. The first-order chi connectivity index (χ1) is 11.7. The molecular formula is C21H24O3. The van der Waals surface area contributed by atoms with Crippen molar-refractivity contribution in [2.24, 2.45) is 0 Å². The molecule has 24 heavy (non-hydrogen) atoms. The first-order valence-electron chi connectivity index (χ1n) is 8.77. The SMILES string of the molecule is Cc1ccc(C)c(COc2ccc3c(c2)C2(CCC3)OCCO2)c1. The third kappa shape index (κ3) is 2.83. The molecule has 2 aromatic carbocycles. The van der Waals surface area contributed by atoms with E-state index in [4.69, 9.17) is 14.2 Å². The van der Waals surface area contributed by atoms with Gasteiger partial charge in [-0.15, -0.1) is 0 Å². The molecule has 3 nitrogen and oxygen atoms in total. The molecule has 0 unspecified atom stereocenters. The van der Waals surface area contributed by atoms with Gasteiger partial charge in [0.2, 0.25) is 0 Å². The van der Waals surface area contributed by atoms with Crippen LogP contribution in [0.2, 0.25) is 0 Å². The lowest BCUT2D eigenvalue weighted by molar-refractivity contribution is -0.175. The van der Waals surface area contributed by atoms with Crippen LogP contribution in [0.5, 0.6) is 5.75 Å². The average Bonchev–Trinajstić information content (AvgIpc) is 3.05. The van der Waals surface area contributed by atoms with Crippen LogP contribution in [-0.4, -0.2) is 13.2 Å². The Labute approximate surface area is 143 Å². The highest BCUT2D eigenvalue weighted by molar-refractivity contribution is 5.41. The second-order valence-electron chi connectivity index (χ2n) is 6.84. The van der Waals surface area contributed by atoms with Crippen LogP contribution in [0.1, 0.15) is 40.7 Å². The van der Waals surface area contributed by atoms with Gasteiger partial charge in [0, 0.05) is 12.0 Å². The normalized spacial score (nSPS) is 18.6. The van der Waals surface area contributed by atoms with Crippen molar-refractivity contribution >= 4 is 0 Å². The largest absolute Gasteiger partial charge is 0.489 e. The van der Waals surface area contributed by atoms with Gasteiger partial charge >= 0.3 is 0 Å². The van der Waals surface area contributed by atoms with E-state index in [1.807, 2.05) is 0 Å². The standard InChI is InChI=1S/C21H24O3/c1-15-5-6-16(2)18(12-15)14-22-19-8-7-17-4-3-9-21(20(17)13-19)23-10-11-24-21/h5-8,12-13H,3-4,9-11,14H2,1-2H3. The van der Waals surface area contributed by atoms with E-state index in [0.29, 0.717) is 19.8 Å². The monoisotopic (exact) mass is 324 g/mol. The molecule has 0 radical (unpaired) electrons. The van der Waals surface area contributed by atoms with E-state index in [1.54, 1.807) is 0 Å². The second-order valence-corrected chi connectivity index (χ2v) is 6.84. The van der Waals surface area contributed by atoms with Gasteiger partial charge in [-0.1, -0.05) is 29.8 Å². The summed E-state index contributed by atoms with van der Waals surface area (Å²) in [6.45, 7) is 6.17. The molecule has 0 bridgehead atoms. The van der Waals surface area contributed by atoms with Crippen molar-refractivity contribution in [2.45, 2.75) is 45.5 Å². The maximum atomic E-state index is 6.09. The predicted molar refractivity (Wildman–Crippen MR) is 93.2 cm³/mol. The van der Waals surface area contributed by atoms with Gasteiger partial charge < -0.3 is 14.2 Å². The van der Waals surface area contributed by atoms with E-state index >= 15 is 0 Å². The van der Waals surface area contributed by atoms with Crippen LogP contribution in [0.25, 0.3) is 0 Å². The number of hydrogen-bond acceptors (Lipinski definition) is 3. The van der Waals surface area contributed by atoms with Gasteiger partial charge in [0.25, 0.3) is 0 Å². The van der Waals surface area contributed by atoms with E-state index < -0.39 is 5.79 Å². The quantitative estimate of drug-likeness (QED) is 0.836. The van der Waals surface area contributed by atoms with Crippen LogP contribution in [0.4, 0.5) is 0 Å². The Hall–Kier alpha value is -1.84. The fourth-order valence-corrected chi connectivity index (χ4v) is 3.74. The molecule has 1 saturated heterocycles. The summed E-state index contributed by atoms with van der Waals surface area (Å²) in [5.41, 5.74) is 6.23. The van der Waals surface area contributed by atoms with Crippen LogP contribution in [0.3, 0.4) is 0 Å². The summed E-state index contributed by atoms with van der Waals surface area (Å²) < 4.78 is 18.1. The summed E-state index contributed by atoms with van der Waals surface area (Å²) in [6.07, 6.45) is 3.12. The smallest absolute Gasteiger partial charge is 0.195 e. The fraction of sp³-hybridized carbons (Fsp3) is 0.429. The molecule has 126 valence electrons. The summed E-state index contributed by atoms with van der Waals surface area (Å²) in [6, 6.07) is 12.8. The molecule has 0 saturated carbocycles. The highest BCUT2D eigenvalue weighted by Crippen LogP contribution is 2.43. The highest BCUT2D eigenvalue weighted by Gasteiger charge is 2.42. The zero-order valence-corrected chi connectivity index (χ0v) is 14.4. The molecule has 2 aromatic rings. The van der Waals surface area contributed by atoms with Crippen molar-refractivity contribution in [2.75, 3.05) is 13.2 Å². The topological polar surface area (TPSA) is 27.7 Å². The molecule has 1 spiro atoms. The van der Waals surface area contributed by atoms with E-state index in [1.165, 1.54) is 22.3 Å². The third-order valence-corrected chi connectivity index (χ3v) is 5.10. The van der Waals surface area contributed by atoms with Crippen molar-refractivity contribution in [1.29, 1.82) is 0 Å². The Bertz CT molecular complexity index is 745. The molecular weight excluding hydrogens is 300 g/mol. The van der Waals surface area contributed by atoms with Crippen molar-refractivity contribution < 1.29 is 14.2 Å². The number of hydrogen-bond donors (Lipinski definition) is 0. The number of fused-ring (bicyclic) bond motifs is 2. The number of benzene rings is 2. The van der Waals surface area contributed by atoms with Crippen molar-refractivity contribution in [3.05, 3.63) is 64.2 Å². The minimum absolute atomic E-state index is 0.536. The van der Waals surface area contributed by atoms with Gasteiger partial charge in [0.05, 0.1) is 13.2 Å². The van der Waals surface area contributed by atoms with Crippen LogP contribution in [0.15, 0.2) is 36.4 Å². The Morgan fingerprint density at radius 3 is 2.71 bits per heavy atom. The predicted octanol–water partition coefficient (Wildman–Crippen LogP) is 4.42. The molecule has 1 heterocycles. The lowest BCUT2D eigenvalue weighted by Gasteiger charge is -2.34. The Kier molecular flexibility index (Phi) is 4.07. The molecule has 4 rings (SSSR count). The molecule has 1 aliphatic heterocycles. The zero-order valence-electron chi connectivity index (χ0n) is 14.4. The van der Waals surface area contributed by atoms with Crippen LogP contribution < -0.4 is 4.74 Å². The molecule has 1 aliphatic carbocycles. The van der Waals surface area contributed by atoms with E-state index in [9.17, 15) is 0 Å². The van der Waals surface area contributed by atoms with Crippen LogP contribution in [0, 0.1) is 13.8 Å². The maximum absolute atomic E-state index is 6.09. The Morgan fingerprint density at radius 2 is 1.88 bits per heavy atom. The van der Waals surface area contributed by atoms with Gasteiger partial charge in [-0.2, -0.15) is 0 Å². The molecule has 0 aromatic heterocycles. The molecule has 1 fully saturated rings. The molecule has 3 heteroatoms. The van der Waals surface area contributed by atoms with Crippen LogP contribution >= 0.6 is 0 Å². The minimum atomic E-state index is -0.536. The first-order valence-corrected chi connectivity index (χ1v) is 8.77. The van der Waals surface area contributed by atoms with Crippen LogP contribution in [-0.2, 0) is 28.3 Å². The van der Waals surface area contributed by atoms with Gasteiger partial charge in [0.15, 0.2) is 5.79 Å². The van der Waals surface area contributed by atoms with Gasteiger partial charge in [-0.25, -0.2) is 0 Å². The first kappa shape index (κ1) is 15.7. The lowest BCUT2D eigenvalue weighted by atomic mass is 9.86. The second kappa shape index (κ2) is 6.23. The van der Waals surface area contributed by atoms with Gasteiger partial charge in [0.1, 0.15) is 12.4 Å². The summed E-state index contributed by atoms with van der Waals surface area (Å²) in [7, 11) is 0. The van der Waals surface area contributed by atoms with Gasteiger partial charge in [-0.05, 0) is 55.5 Å². The molecule has 2 aliphatic rings. The minimum Gasteiger partial charge on any atom is -0.489 e. The Balaban J connectivity index is 1.58. The van der Waals surface area contributed by atoms with Gasteiger partial charge in [-0.3, -0.25) is 0 Å². The van der Waals surface area contributed by atoms with E-state index in [0.717, 1.165) is 30.6 Å². The zero-order chi connectivity index (χ0) is 16.6. The lowest BCUT2D eigenvalue weighted by Crippen LogP contribution is -2.31. The van der Waals surface area contributed by atoms with Crippen molar-refractivity contribution in [1.82, 2.24) is 0 Å². The van der Waals surface area contributed by atoms with Crippen molar-refractivity contribution in [3.63, 3.8) is 0 Å². The summed E-state index contributed by atoms with van der Waals surface area (Å²) in [5.74, 6) is 0.349. The average molecular weight is 324 g/mol. The van der Waals surface area contributed by atoms with Crippen molar-refractivity contribution in [3.8, 4) is 5.75 Å². The summed E-state index contributed by atoms with van der Waals surface area (Å²) in [5, 5.41) is 0. The maximum Gasteiger partial charge on any atom is 0.195 e. The molecule has 0 amide bonds. The van der Waals surface area contributed by atoms with E-state index in [2.05, 4.69) is 50.2 Å². The number of aryl methyl sites for hydroxylation is 3. The highest BCUT2D eigenvalue weighted by atomic mass is 16.7. The summed E-state index contributed by atoms with van der Waals surface area (Å²) >= 11 is 0. The Morgan fingerprint density at radius 1 is 1.04 bits per heavy atom. The third-order valence-electron chi connectivity index (χ3n) is 5.10. The fourth-order valence-electron chi connectivity index (χ4n) is 3.74. The molecule has 0 atom stereocenters. The van der Waals surface area contributed by atoms with E-state index in [-0.39, 0.29) is 0 Å². The number of rotatable bonds is 3. The number of ether oxygens (including phenoxy) is 3.